The molecule has 2 heteroatoms. The van der Waals surface area contributed by atoms with Crippen molar-refractivity contribution < 1.29 is 0 Å². The second-order valence-corrected chi connectivity index (χ2v) is 6.30. The van der Waals surface area contributed by atoms with Crippen LogP contribution >= 0.6 is 24.4 Å². The van der Waals surface area contributed by atoms with Crippen molar-refractivity contribution in [2.45, 2.75) is 24.7 Å². The van der Waals surface area contributed by atoms with Crippen LogP contribution in [0.1, 0.15) is 22.6 Å². The normalized spacial score (nSPS) is 12.4. The smallest absolute Gasteiger partial charge is 0.0104 e. The Balaban J connectivity index is 2.06. The van der Waals surface area contributed by atoms with Gasteiger partial charge in [-0.1, -0.05) is 48.0 Å². The summed E-state index contributed by atoms with van der Waals surface area (Å²) in [6.45, 7) is 4.33. The van der Waals surface area contributed by atoms with Crippen molar-refractivity contribution >= 4 is 24.4 Å². The van der Waals surface area contributed by atoms with Gasteiger partial charge in [0.1, 0.15) is 0 Å². The molecule has 0 aliphatic carbocycles. The van der Waals surface area contributed by atoms with E-state index in [4.69, 9.17) is 0 Å². The molecule has 1 atom stereocenters. The Morgan fingerprint density at radius 3 is 2.47 bits per heavy atom. The van der Waals surface area contributed by atoms with Crippen molar-refractivity contribution in [3.05, 3.63) is 65.2 Å². The summed E-state index contributed by atoms with van der Waals surface area (Å²) in [5, 5.41) is 0. The van der Waals surface area contributed by atoms with Crippen LogP contribution in [0.5, 0.6) is 0 Å². The maximum atomic E-state index is 4.51. The van der Waals surface area contributed by atoms with Gasteiger partial charge in [-0.05, 0) is 36.8 Å². The van der Waals surface area contributed by atoms with Crippen molar-refractivity contribution in [3.63, 3.8) is 0 Å². The standard InChI is InChI=1S/C17H20S2/c1-13-8-9-14(2)17(10-13)19-12-16(11-18)15-6-4-3-5-7-15/h3-10,16,18H,11-12H2,1-2H3. The van der Waals surface area contributed by atoms with Crippen molar-refractivity contribution in [1.82, 2.24) is 0 Å². The van der Waals surface area contributed by atoms with Crippen LogP contribution in [-0.2, 0) is 0 Å². The van der Waals surface area contributed by atoms with Crippen LogP contribution < -0.4 is 0 Å². The van der Waals surface area contributed by atoms with Crippen LogP contribution in [0.25, 0.3) is 0 Å². The Kier molecular flexibility index (Phi) is 5.41. The monoisotopic (exact) mass is 288 g/mol. The Morgan fingerprint density at radius 2 is 1.79 bits per heavy atom. The second kappa shape index (κ2) is 7.06. The summed E-state index contributed by atoms with van der Waals surface area (Å²) in [6.07, 6.45) is 0. The summed E-state index contributed by atoms with van der Waals surface area (Å²) >= 11 is 6.45. The molecule has 0 radical (unpaired) electrons. The Bertz CT molecular complexity index is 520. The van der Waals surface area contributed by atoms with Crippen LogP contribution in [0.3, 0.4) is 0 Å². The highest BCUT2D eigenvalue weighted by atomic mass is 32.2. The molecule has 0 heterocycles. The van der Waals surface area contributed by atoms with E-state index in [9.17, 15) is 0 Å². The van der Waals surface area contributed by atoms with Gasteiger partial charge in [-0.2, -0.15) is 12.6 Å². The minimum atomic E-state index is 0.509. The van der Waals surface area contributed by atoms with Gasteiger partial charge in [0.15, 0.2) is 0 Å². The SMILES string of the molecule is Cc1ccc(C)c(SCC(CS)c2ccccc2)c1. The van der Waals surface area contributed by atoms with Crippen molar-refractivity contribution in [2.75, 3.05) is 11.5 Å². The molecule has 2 rings (SSSR count). The third-order valence-electron chi connectivity index (χ3n) is 3.28. The minimum Gasteiger partial charge on any atom is -0.179 e. The second-order valence-electron chi connectivity index (χ2n) is 4.87. The first-order chi connectivity index (χ1) is 9.20. The van der Waals surface area contributed by atoms with E-state index in [-0.39, 0.29) is 0 Å². The number of hydrogen-bond acceptors (Lipinski definition) is 2. The van der Waals surface area contributed by atoms with Crippen molar-refractivity contribution in [2.24, 2.45) is 0 Å². The van der Waals surface area contributed by atoms with E-state index in [1.807, 2.05) is 11.8 Å². The van der Waals surface area contributed by atoms with Gasteiger partial charge in [0.05, 0.1) is 0 Å². The van der Waals surface area contributed by atoms with Gasteiger partial charge < -0.3 is 0 Å². The average molecular weight is 288 g/mol. The van der Waals surface area contributed by atoms with Crippen LogP contribution in [0.4, 0.5) is 0 Å². The van der Waals surface area contributed by atoms with Gasteiger partial charge in [-0.3, -0.25) is 0 Å². The fraction of sp³-hybridized carbons (Fsp3) is 0.294. The van der Waals surface area contributed by atoms with Gasteiger partial charge in [0.25, 0.3) is 0 Å². The number of thioether (sulfide) groups is 1. The number of thiol groups is 1. The van der Waals surface area contributed by atoms with Gasteiger partial charge in [0, 0.05) is 16.6 Å². The Labute approximate surface area is 126 Å². The zero-order chi connectivity index (χ0) is 13.7. The van der Waals surface area contributed by atoms with Crippen molar-refractivity contribution in [1.29, 1.82) is 0 Å². The topological polar surface area (TPSA) is 0 Å². The van der Waals surface area contributed by atoms with Crippen molar-refractivity contribution in [3.8, 4) is 0 Å². The van der Waals surface area contributed by atoms with E-state index < -0.39 is 0 Å². The van der Waals surface area contributed by atoms with E-state index in [0.29, 0.717) is 5.92 Å². The van der Waals surface area contributed by atoms with E-state index in [2.05, 4.69) is 75.0 Å². The molecule has 0 aromatic heterocycles. The molecule has 0 aliphatic rings. The van der Waals surface area contributed by atoms with Gasteiger partial charge in [-0.25, -0.2) is 0 Å². The highest BCUT2D eigenvalue weighted by Crippen LogP contribution is 2.29. The lowest BCUT2D eigenvalue weighted by Gasteiger charge is -2.15. The molecular weight excluding hydrogens is 268 g/mol. The van der Waals surface area contributed by atoms with Crippen LogP contribution in [0.2, 0.25) is 0 Å². The highest BCUT2D eigenvalue weighted by Gasteiger charge is 2.10. The molecule has 100 valence electrons. The maximum Gasteiger partial charge on any atom is 0.0104 e. The molecule has 2 aromatic carbocycles. The lowest BCUT2D eigenvalue weighted by molar-refractivity contribution is 0.897. The zero-order valence-electron chi connectivity index (χ0n) is 11.5. The van der Waals surface area contributed by atoms with E-state index in [1.165, 1.54) is 21.6 Å². The van der Waals surface area contributed by atoms with E-state index in [1.54, 1.807) is 0 Å². The van der Waals surface area contributed by atoms with E-state index in [0.717, 1.165) is 11.5 Å². The number of rotatable bonds is 5. The maximum absolute atomic E-state index is 4.51. The molecule has 0 saturated heterocycles. The van der Waals surface area contributed by atoms with Crippen LogP contribution in [0.15, 0.2) is 53.4 Å². The Hall–Kier alpha value is -0.860. The van der Waals surface area contributed by atoms with E-state index >= 15 is 0 Å². The largest absolute Gasteiger partial charge is 0.179 e. The molecule has 0 saturated carbocycles. The zero-order valence-corrected chi connectivity index (χ0v) is 13.2. The quantitative estimate of drug-likeness (QED) is 0.589. The summed E-state index contributed by atoms with van der Waals surface area (Å²) < 4.78 is 0. The third kappa shape index (κ3) is 4.05. The van der Waals surface area contributed by atoms with Gasteiger partial charge in [-0.15, -0.1) is 11.8 Å². The fourth-order valence-electron chi connectivity index (χ4n) is 2.03. The predicted octanol–water partition coefficient (Wildman–Crippen LogP) is 5.11. The third-order valence-corrected chi connectivity index (χ3v) is 5.04. The molecule has 0 bridgehead atoms. The molecule has 0 N–H and O–H groups in total. The number of hydrogen-bond donors (Lipinski definition) is 1. The lowest BCUT2D eigenvalue weighted by Crippen LogP contribution is -2.03. The molecule has 2 aromatic rings. The summed E-state index contributed by atoms with van der Waals surface area (Å²) in [6, 6.07) is 17.3. The molecule has 0 aliphatic heterocycles. The van der Waals surface area contributed by atoms with Crippen LogP contribution in [-0.4, -0.2) is 11.5 Å². The van der Waals surface area contributed by atoms with Gasteiger partial charge in [0.2, 0.25) is 0 Å². The summed E-state index contributed by atoms with van der Waals surface area (Å²) in [5.74, 6) is 2.48. The predicted molar refractivity (Wildman–Crippen MR) is 89.7 cm³/mol. The fourth-order valence-corrected chi connectivity index (χ4v) is 3.80. The molecule has 0 spiro atoms. The summed E-state index contributed by atoms with van der Waals surface area (Å²) in [7, 11) is 0. The molecule has 0 amide bonds. The van der Waals surface area contributed by atoms with Gasteiger partial charge >= 0.3 is 0 Å². The highest BCUT2D eigenvalue weighted by molar-refractivity contribution is 7.99. The first-order valence-electron chi connectivity index (χ1n) is 6.56. The molecule has 0 fully saturated rings. The summed E-state index contributed by atoms with van der Waals surface area (Å²) in [5.41, 5.74) is 4.08. The molecular formula is C17H20S2. The molecule has 0 nitrogen and oxygen atoms in total. The minimum absolute atomic E-state index is 0.509. The average Bonchev–Trinajstić information content (AvgIpc) is 2.44. The Morgan fingerprint density at radius 1 is 1.05 bits per heavy atom. The molecule has 1 unspecified atom stereocenters. The first-order valence-corrected chi connectivity index (χ1v) is 8.18. The molecule has 19 heavy (non-hydrogen) atoms. The lowest BCUT2D eigenvalue weighted by atomic mass is 10.0. The number of aryl methyl sites for hydroxylation is 2. The summed E-state index contributed by atoms with van der Waals surface area (Å²) in [4.78, 5) is 1.39. The number of benzene rings is 2. The van der Waals surface area contributed by atoms with Crippen LogP contribution in [0, 0.1) is 13.8 Å². The first kappa shape index (κ1) is 14.5.